The van der Waals surface area contributed by atoms with Crippen molar-refractivity contribution in [1.29, 1.82) is 0 Å². The molecule has 0 amide bonds. The number of benzene rings is 2. The maximum Gasteiger partial charge on any atom is 0.203 e. The van der Waals surface area contributed by atoms with Crippen LogP contribution in [0.1, 0.15) is 6.92 Å². The lowest BCUT2D eigenvalue weighted by Gasteiger charge is -2.19. The molecular weight excluding hydrogens is 344 g/mol. The molecule has 8 heteroatoms. The van der Waals surface area contributed by atoms with E-state index in [1.165, 1.54) is 0 Å². The standard InChI is InChI=1S/C15H13O2S.ClHO4/c1-11(16)10-18-14-8-4-2-6-12(14)17-13-7-3-5-9-15(13)18;2-1(3,4)5/h2-9H,10H2,1H3;(H,2,3,4,5)/q+1;/p-1. The summed E-state index contributed by atoms with van der Waals surface area (Å²) in [5.74, 6) is 2.52. The summed E-state index contributed by atoms with van der Waals surface area (Å²) in [7, 11) is -5.14. The number of hydrogen-bond donors (Lipinski definition) is 0. The largest absolute Gasteiger partial charge is 0.447 e. The summed E-state index contributed by atoms with van der Waals surface area (Å²) in [5, 5.41) is 0. The molecule has 0 bridgehead atoms. The Kier molecular flexibility index (Phi) is 5.64. The topological polar surface area (TPSA) is 119 Å². The zero-order valence-electron chi connectivity index (χ0n) is 12.1. The first-order chi connectivity index (χ1) is 10.8. The van der Waals surface area contributed by atoms with E-state index in [1.54, 1.807) is 6.92 Å². The van der Waals surface area contributed by atoms with Crippen LogP contribution in [0.4, 0.5) is 0 Å². The Morgan fingerprint density at radius 3 is 1.74 bits per heavy atom. The zero-order valence-corrected chi connectivity index (χ0v) is 13.6. The van der Waals surface area contributed by atoms with E-state index >= 15 is 0 Å². The Labute approximate surface area is 138 Å². The molecule has 1 aliphatic heterocycles. The highest BCUT2D eigenvalue weighted by atomic mass is 35.7. The Morgan fingerprint density at radius 1 is 0.957 bits per heavy atom. The Bertz CT molecular complexity index is 649. The van der Waals surface area contributed by atoms with Crippen LogP contribution in [0.2, 0.25) is 0 Å². The minimum absolute atomic E-state index is 0.199. The van der Waals surface area contributed by atoms with Gasteiger partial charge in [-0.1, -0.05) is 24.3 Å². The molecule has 0 saturated carbocycles. The van der Waals surface area contributed by atoms with Crippen molar-refractivity contribution in [3.8, 4) is 11.5 Å². The molecule has 0 fully saturated rings. The number of carbonyl (C=O) groups excluding carboxylic acids is 1. The predicted octanol–water partition coefficient (Wildman–Crippen LogP) is -1.34. The smallest absolute Gasteiger partial charge is 0.203 e. The Hall–Kier alpha value is -1.61. The number of ether oxygens (including phenoxy) is 1. The van der Waals surface area contributed by atoms with Gasteiger partial charge in [0.25, 0.3) is 0 Å². The van der Waals surface area contributed by atoms with Crippen LogP contribution in [0.3, 0.4) is 0 Å². The molecule has 2 aromatic rings. The lowest BCUT2D eigenvalue weighted by Crippen LogP contribution is -2.68. The van der Waals surface area contributed by atoms with Crippen molar-refractivity contribution in [2.24, 2.45) is 0 Å². The van der Waals surface area contributed by atoms with E-state index in [0.717, 1.165) is 21.3 Å². The summed E-state index contributed by atoms with van der Waals surface area (Å²) in [6.07, 6.45) is 0. The SMILES string of the molecule is CC(=O)C[S+]1c2ccccc2Oc2ccccc21.[O-][Cl+3]([O-])([O-])[O-]. The maximum atomic E-state index is 11.5. The molecule has 0 aliphatic carbocycles. The molecule has 0 spiro atoms. The van der Waals surface area contributed by atoms with Gasteiger partial charge in [-0.15, -0.1) is 10.2 Å². The summed E-state index contributed by atoms with van der Waals surface area (Å²) in [4.78, 5) is 13.8. The third kappa shape index (κ3) is 5.21. The van der Waals surface area contributed by atoms with Crippen molar-refractivity contribution >= 4 is 16.7 Å². The first-order valence-corrected chi connectivity index (χ1v) is 9.06. The first-order valence-electron chi connectivity index (χ1n) is 6.43. The molecule has 23 heavy (non-hydrogen) atoms. The van der Waals surface area contributed by atoms with Crippen LogP contribution in [0.25, 0.3) is 0 Å². The summed E-state index contributed by atoms with van der Waals surface area (Å²) in [6.45, 7) is 1.65. The monoisotopic (exact) mass is 356 g/mol. The highest BCUT2D eigenvalue weighted by Crippen LogP contribution is 2.43. The summed E-state index contributed by atoms with van der Waals surface area (Å²) >= 11 is 0. The van der Waals surface area contributed by atoms with Crippen LogP contribution in [-0.2, 0) is 15.7 Å². The van der Waals surface area contributed by atoms with Gasteiger partial charge in [0, 0.05) is 0 Å². The molecule has 1 aliphatic rings. The molecule has 122 valence electrons. The molecule has 0 N–H and O–H groups in total. The molecule has 3 rings (SSSR count). The van der Waals surface area contributed by atoms with Gasteiger partial charge < -0.3 is 4.74 Å². The summed E-state index contributed by atoms with van der Waals surface area (Å²) in [6, 6.07) is 15.9. The number of ketones is 1. The third-order valence-electron chi connectivity index (χ3n) is 2.80. The van der Waals surface area contributed by atoms with Crippen LogP contribution in [0.15, 0.2) is 58.3 Å². The maximum absolute atomic E-state index is 11.5. The van der Waals surface area contributed by atoms with E-state index in [-0.39, 0.29) is 16.7 Å². The van der Waals surface area contributed by atoms with E-state index in [1.807, 2.05) is 36.4 Å². The fraction of sp³-hybridized carbons (Fsp3) is 0.133. The molecule has 0 unspecified atom stereocenters. The van der Waals surface area contributed by atoms with Gasteiger partial charge in [0.05, 0.1) is 10.9 Å². The second-order valence-electron chi connectivity index (χ2n) is 4.61. The van der Waals surface area contributed by atoms with Crippen molar-refractivity contribution in [3.63, 3.8) is 0 Å². The minimum Gasteiger partial charge on any atom is -0.447 e. The van der Waals surface area contributed by atoms with Gasteiger partial charge in [-0.25, -0.2) is 18.6 Å². The number of rotatable bonds is 2. The first kappa shape index (κ1) is 17.7. The fourth-order valence-corrected chi connectivity index (χ4v) is 4.22. The van der Waals surface area contributed by atoms with Crippen molar-refractivity contribution in [2.75, 3.05) is 5.75 Å². The van der Waals surface area contributed by atoms with Crippen molar-refractivity contribution in [2.45, 2.75) is 16.7 Å². The predicted molar refractivity (Wildman–Crippen MR) is 72.4 cm³/mol. The number of hydrogen-bond acceptors (Lipinski definition) is 6. The summed E-state index contributed by atoms with van der Waals surface area (Å²) in [5.41, 5.74) is 0. The van der Waals surface area contributed by atoms with Crippen LogP contribution < -0.4 is 23.4 Å². The fourth-order valence-electron chi connectivity index (χ4n) is 2.07. The molecular formula is C15H13ClO6S. The van der Waals surface area contributed by atoms with Crippen molar-refractivity contribution < 1.29 is 38.4 Å². The molecule has 0 saturated heterocycles. The van der Waals surface area contributed by atoms with Gasteiger partial charge in [0.1, 0.15) is 0 Å². The van der Waals surface area contributed by atoms with Crippen LogP contribution in [0.5, 0.6) is 11.5 Å². The van der Waals surface area contributed by atoms with Crippen molar-refractivity contribution in [3.05, 3.63) is 48.5 Å². The van der Waals surface area contributed by atoms with Crippen LogP contribution >= 0.6 is 0 Å². The highest BCUT2D eigenvalue weighted by Gasteiger charge is 2.37. The van der Waals surface area contributed by atoms with E-state index in [9.17, 15) is 4.79 Å². The average Bonchev–Trinajstić information content (AvgIpc) is 2.45. The number of halogens is 1. The highest BCUT2D eigenvalue weighted by molar-refractivity contribution is 7.97. The minimum atomic E-state index is -4.94. The van der Waals surface area contributed by atoms with E-state index < -0.39 is 10.2 Å². The number of Topliss-reactive ketones (excluding diaryl/α,β-unsaturated/α-hetero) is 1. The number of para-hydroxylation sites is 2. The summed E-state index contributed by atoms with van der Waals surface area (Å²) < 4.78 is 39.9. The molecule has 0 atom stereocenters. The van der Waals surface area contributed by atoms with Crippen LogP contribution in [-0.4, -0.2) is 11.5 Å². The van der Waals surface area contributed by atoms with E-state index in [0.29, 0.717) is 5.75 Å². The second kappa shape index (κ2) is 7.31. The molecule has 6 nitrogen and oxygen atoms in total. The Morgan fingerprint density at radius 2 is 1.35 bits per heavy atom. The van der Waals surface area contributed by atoms with Gasteiger partial charge in [-0.3, -0.25) is 4.79 Å². The van der Waals surface area contributed by atoms with E-state index in [2.05, 4.69) is 12.1 Å². The van der Waals surface area contributed by atoms with Crippen molar-refractivity contribution in [1.82, 2.24) is 0 Å². The quantitative estimate of drug-likeness (QED) is 0.614. The lowest BCUT2D eigenvalue weighted by molar-refractivity contribution is -2.00. The normalized spacial score (nSPS) is 13.1. The van der Waals surface area contributed by atoms with Gasteiger partial charge in [0.2, 0.25) is 9.79 Å². The molecule has 2 aromatic carbocycles. The van der Waals surface area contributed by atoms with Gasteiger partial charge in [-0.2, -0.15) is 0 Å². The zero-order chi connectivity index (χ0) is 17.0. The van der Waals surface area contributed by atoms with E-state index in [4.69, 9.17) is 23.4 Å². The second-order valence-corrected chi connectivity index (χ2v) is 7.32. The average molecular weight is 357 g/mol. The number of fused-ring (bicyclic) bond motifs is 2. The number of carbonyl (C=O) groups is 1. The molecule has 1 heterocycles. The molecule has 0 aromatic heterocycles. The van der Waals surface area contributed by atoms with Gasteiger partial charge in [0.15, 0.2) is 23.0 Å². The lowest BCUT2D eigenvalue weighted by atomic mass is 10.3. The Balaban J connectivity index is 0.000000338. The molecule has 0 radical (unpaired) electrons. The third-order valence-corrected chi connectivity index (χ3v) is 5.23. The van der Waals surface area contributed by atoms with Gasteiger partial charge in [-0.05, 0) is 31.2 Å². The van der Waals surface area contributed by atoms with Gasteiger partial charge >= 0.3 is 0 Å². The van der Waals surface area contributed by atoms with Crippen LogP contribution in [0, 0.1) is 10.2 Å².